The normalized spacial score (nSPS) is 10.6. The van der Waals surface area contributed by atoms with Gasteiger partial charge in [-0.1, -0.05) is 17.9 Å². The van der Waals surface area contributed by atoms with Gasteiger partial charge >= 0.3 is 6.18 Å². The summed E-state index contributed by atoms with van der Waals surface area (Å²) < 4.78 is 36.0. The van der Waals surface area contributed by atoms with E-state index in [2.05, 4.69) is 17.2 Å². The van der Waals surface area contributed by atoms with E-state index in [0.717, 1.165) is 5.56 Å². The maximum Gasteiger partial charge on any atom is 0.397 e. The lowest BCUT2D eigenvalue weighted by Gasteiger charge is -2.09. The molecule has 1 aromatic carbocycles. The Balaban J connectivity index is 2.83. The van der Waals surface area contributed by atoms with Gasteiger partial charge in [-0.15, -0.1) is 0 Å². The van der Waals surface area contributed by atoms with Gasteiger partial charge in [0.15, 0.2) is 0 Å². The van der Waals surface area contributed by atoms with Crippen LogP contribution in [0.5, 0.6) is 0 Å². The van der Waals surface area contributed by atoms with E-state index in [1.807, 2.05) is 0 Å². The number of carbonyl (C=O) groups excluding carboxylic acids is 1. The number of amides is 1. The second-order valence-electron chi connectivity index (χ2n) is 3.83. The van der Waals surface area contributed by atoms with Crippen molar-refractivity contribution in [2.45, 2.75) is 19.5 Å². The number of hydrogen-bond acceptors (Lipinski definition) is 2. The highest BCUT2D eigenvalue weighted by atomic mass is 19.4. The first-order valence-electron chi connectivity index (χ1n) is 5.39. The number of aliphatic hydroxyl groups is 1. The molecular formula is C13H12F3NO2. The maximum atomic E-state index is 12.0. The minimum atomic E-state index is -4.53. The molecule has 102 valence electrons. The van der Waals surface area contributed by atoms with Gasteiger partial charge in [-0.05, 0) is 24.6 Å². The molecule has 1 amide bonds. The number of alkyl halides is 3. The minimum Gasteiger partial charge on any atom is -0.384 e. The Hall–Kier alpha value is -2.00. The Bertz CT molecular complexity index is 527. The van der Waals surface area contributed by atoms with Gasteiger partial charge in [-0.2, -0.15) is 13.2 Å². The molecule has 0 bridgehead atoms. The van der Waals surface area contributed by atoms with Crippen LogP contribution >= 0.6 is 0 Å². The average molecular weight is 271 g/mol. The zero-order valence-electron chi connectivity index (χ0n) is 10.1. The zero-order chi connectivity index (χ0) is 14.5. The van der Waals surface area contributed by atoms with Gasteiger partial charge in [-0.3, -0.25) is 4.79 Å². The molecule has 0 aliphatic rings. The molecule has 1 aromatic rings. The molecule has 0 radical (unpaired) electrons. The highest BCUT2D eigenvalue weighted by Gasteiger charge is 2.31. The predicted molar refractivity (Wildman–Crippen MR) is 64.4 cm³/mol. The van der Waals surface area contributed by atoms with Gasteiger partial charge in [0, 0.05) is 11.3 Å². The molecule has 0 unspecified atom stereocenters. The Morgan fingerprint density at radius 3 is 2.68 bits per heavy atom. The summed E-state index contributed by atoms with van der Waals surface area (Å²) in [6, 6.07) is 4.59. The van der Waals surface area contributed by atoms with Crippen molar-refractivity contribution >= 4 is 11.6 Å². The Labute approximate surface area is 108 Å². The van der Waals surface area contributed by atoms with Gasteiger partial charge in [0.2, 0.25) is 5.91 Å². The summed E-state index contributed by atoms with van der Waals surface area (Å²) in [4.78, 5) is 11.1. The molecule has 2 N–H and O–H groups in total. The molecule has 0 fully saturated rings. The number of carbonyl (C=O) groups is 1. The van der Waals surface area contributed by atoms with Gasteiger partial charge in [-0.25, -0.2) is 0 Å². The fourth-order valence-electron chi connectivity index (χ4n) is 1.36. The lowest BCUT2D eigenvalue weighted by atomic mass is 10.1. The average Bonchev–Trinajstić information content (AvgIpc) is 2.27. The molecule has 6 heteroatoms. The molecule has 1 rings (SSSR count). The first-order chi connectivity index (χ1) is 8.81. The molecule has 0 atom stereocenters. The van der Waals surface area contributed by atoms with E-state index in [9.17, 15) is 18.0 Å². The monoisotopic (exact) mass is 271 g/mol. The summed E-state index contributed by atoms with van der Waals surface area (Å²) in [5.74, 6) is 3.96. The van der Waals surface area contributed by atoms with Crippen molar-refractivity contribution in [3.05, 3.63) is 29.3 Å². The van der Waals surface area contributed by atoms with Crippen molar-refractivity contribution in [3.63, 3.8) is 0 Å². The number of benzene rings is 1. The topological polar surface area (TPSA) is 49.3 Å². The van der Waals surface area contributed by atoms with Crippen LogP contribution in [0.4, 0.5) is 18.9 Å². The molecule has 0 spiro atoms. The van der Waals surface area contributed by atoms with Crippen molar-refractivity contribution in [1.29, 1.82) is 0 Å². The first kappa shape index (κ1) is 15.1. The number of nitrogens with one attached hydrogen (secondary N) is 1. The van der Waals surface area contributed by atoms with Crippen LogP contribution in [0, 0.1) is 18.8 Å². The number of halogens is 3. The van der Waals surface area contributed by atoms with Gasteiger partial charge in [0.25, 0.3) is 0 Å². The van der Waals surface area contributed by atoms with Crippen LogP contribution in [-0.2, 0) is 4.79 Å². The molecular weight excluding hydrogens is 259 g/mol. The summed E-state index contributed by atoms with van der Waals surface area (Å²) in [6.45, 7) is 1.45. The summed E-state index contributed by atoms with van der Waals surface area (Å²) in [5.41, 5.74) is 1.58. The minimum absolute atomic E-state index is 0.238. The molecule has 0 aromatic heterocycles. The van der Waals surface area contributed by atoms with Crippen molar-refractivity contribution < 1.29 is 23.1 Å². The standard InChI is InChI=1S/C13H12F3NO2/c1-9-4-5-11(7-10(9)3-2-6-18)17-12(19)8-13(14,15)16/h4-5,7,18H,6,8H2,1H3,(H,17,19). The van der Waals surface area contributed by atoms with E-state index >= 15 is 0 Å². The molecule has 0 aliphatic carbocycles. The third-order valence-electron chi connectivity index (χ3n) is 2.18. The van der Waals surface area contributed by atoms with Crippen molar-refractivity contribution in [1.82, 2.24) is 0 Å². The second kappa shape index (κ2) is 6.25. The third-order valence-corrected chi connectivity index (χ3v) is 2.18. The summed E-state index contributed by atoms with van der Waals surface area (Å²) in [6.07, 6.45) is -6.06. The van der Waals surface area contributed by atoms with E-state index in [1.165, 1.54) is 12.1 Å². The van der Waals surface area contributed by atoms with Gasteiger partial charge in [0.1, 0.15) is 13.0 Å². The van der Waals surface area contributed by atoms with E-state index in [1.54, 1.807) is 13.0 Å². The second-order valence-corrected chi connectivity index (χ2v) is 3.83. The highest BCUT2D eigenvalue weighted by Crippen LogP contribution is 2.21. The van der Waals surface area contributed by atoms with E-state index in [4.69, 9.17) is 5.11 Å². The summed E-state index contributed by atoms with van der Waals surface area (Å²) in [7, 11) is 0. The van der Waals surface area contributed by atoms with Crippen molar-refractivity contribution in [2.75, 3.05) is 11.9 Å². The largest absolute Gasteiger partial charge is 0.397 e. The Kier molecular flexibility index (Phi) is 4.95. The fraction of sp³-hybridized carbons (Fsp3) is 0.308. The molecule has 0 saturated heterocycles. The van der Waals surface area contributed by atoms with Crippen molar-refractivity contribution in [3.8, 4) is 11.8 Å². The molecule has 19 heavy (non-hydrogen) atoms. The van der Waals surface area contributed by atoms with E-state index < -0.39 is 18.5 Å². The van der Waals surface area contributed by atoms with Crippen LogP contribution in [0.25, 0.3) is 0 Å². The van der Waals surface area contributed by atoms with Crippen LogP contribution in [0.3, 0.4) is 0 Å². The maximum absolute atomic E-state index is 12.0. The summed E-state index contributed by atoms with van der Waals surface area (Å²) in [5, 5.41) is 10.7. The van der Waals surface area contributed by atoms with Crippen LogP contribution in [-0.4, -0.2) is 23.8 Å². The van der Waals surface area contributed by atoms with Crippen LogP contribution < -0.4 is 5.32 Å². The van der Waals surface area contributed by atoms with E-state index in [-0.39, 0.29) is 12.3 Å². The molecule has 3 nitrogen and oxygen atoms in total. The number of aryl methyl sites for hydroxylation is 1. The number of rotatable bonds is 2. The Morgan fingerprint density at radius 1 is 1.42 bits per heavy atom. The molecule has 0 saturated carbocycles. The first-order valence-corrected chi connectivity index (χ1v) is 5.39. The third kappa shape index (κ3) is 5.44. The van der Waals surface area contributed by atoms with Crippen LogP contribution in [0.1, 0.15) is 17.5 Å². The SMILES string of the molecule is Cc1ccc(NC(=O)CC(F)(F)F)cc1C#CCO. The zero-order valence-corrected chi connectivity index (χ0v) is 10.1. The fourth-order valence-corrected chi connectivity index (χ4v) is 1.36. The van der Waals surface area contributed by atoms with Gasteiger partial charge < -0.3 is 10.4 Å². The predicted octanol–water partition coefficient (Wildman–Crippen LogP) is 2.23. The number of aliphatic hydroxyl groups excluding tert-OH is 1. The van der Waals surface area contributed by atoms with Crippen molar-refractivity contribution in [2.24, 2.45) is 0 Å². The lowest BCUT2D eigenvalue weighted by Crippen LogP contribution is -2.21. The van der Waals surface area contributed by atoms with Crippen LogP contribution in [0.15, 0.2) is 18.2 Å². The van der Waals surface area contributed by atoms with Gasteiger partial charge in [0.05, 0.1) is 0 Å². The van der Waals surface area contributed by atoms with E-state index in [0.29, 0.717) is 5.56 Å². The summed E-state index contributed by atoms with van der Waals surface area (Å²) >= 11 is 0. The Morgan fingerprint density at radius 2 is 2.11 bits per heavy atom. The highest BCUT2D eigenvalue weighted by molar-refractivity contribution is 5.91. The lowest BCUT2D eigenvalue weighted by molar-refractivity contribution is -0.150. The number of hydrogen-bond donors (Lipinski definition) is 2. The smallest absolute Gasteiger partial charge is 0.384 e. The molecule has 0 heterocycles. The molecule has 0 aliphatic heterocycles. The van der Waals surface area contributed by atoms with Crippen LogP contribution in [0.2, 0.25) is 0 Å². The quantitative estimate of drug-likeness (QED) is 0.810. The number of anilines is 1.